The quantitative estimate of drug-likeness (QED) is 0.0262. The summed E-state index contributed by atoms with van der Waals surface area (Å²) in [5.74, 6) is -1.04. The zero-order chi connectivity index (χ0) is 47.2. The average Bonchev–Trinajstić information content (AvgIpc) is 3.30. The molecule has 0 fully saturated rings. The summed E-state index contributed by atoms with van der Waals surface area (Å²) in [6, 6.07) is 0. The van der Waals surface area contributed by atoms with Crippen LogP contribution in [0.25, 0.3) is 0 Å². The molecule has 0 radical (unpaired) electrons. The molecule has 0 saturated heterocycles. The van der Waals surface area contributed by atoms with Crippen LogP contribution in [0, 0.1) is 0 Å². The van der Waals surface area contributed by atoms with Gasteiger partial charge in [-0.15, -0.1) is 0 Å². The molecule has 0 saturated carbocycles. The lowest BCUT2D eigenvalue weighted by Crippen LogP contribution is -2.30. The monoisotopic (exact) mass is 903 g/mol. The minimum Gasteiger partial charge on any atom is -0.462 e. The Labute approximate surface area is 400 Å². The lowest BCUT2D eigenvalue weighted by atomic mass is 10.1. The molecule has 0 amide bonds. The van der Waals surface area contributed by atoms with Crippen LogP contribution in [-0.2, 0) is 28.6 Å². The highest BCUT2D eigenvalue weighted by Crippen LogP contribution is 2.13. The normalized spacial score (nSPS) is 12.8. The Morgan fingerprint density at radius 3 is 1.05 bits per heavy atom. The molecule has 0 bridgehead atoms. The molecule has 65 heavy (non-hydrogen) atoms. The van der Waals surface area contributed by atoms with Crippen molar-refractivity contribution in [2.75, 3.05) is 13.2 Å². The Morgan fingerprint density at radius 2 is 0.615 bits per heavy atom. The van der Waals surface area contributed by atoms with Gasteiger partial charge in [0.1, 0.15) is 13.2 Å². The van der Waals surface area contributed by atoms with Gasteiger partial charge in [0.15, 0.2) is 6.10 Å². The van der Waals surface area contributed by atoms with E-state index in [9.17, 15) is 14.4 Å². The van der Waals surface area contributed by atoms with E-state index in [4.69, 9.17) is 14.2 Å². The first-order valence-electron chi connectivity index (χ1n) is 26.7. The van der Waals surface area contributed by atoms with Crippen LogP contribution in [-0.4, -0.2) is 37.2 Å². The molecule has 1 atom stereocenters. The Morgan fingerprint density at radius 1 is 0.323 bits per heavy atom. The topological polar surface area (TPSA) is 78.9 Å². The molecular weight excluding hydrogens is 805 g/mol. The molecule has 0 aliphatic heterocycles. The van der Waals surface area contributed by atoms with Crippen molar-refractivity contribution < 1.29 is 28.6 Å². The van der Waals surface area contributed by atoms with E-state index in [0.717, 1.165) is 70.6 Å². The number of hydrogen-bond acceptors (Lipinski definition) is 6. The van der Waals surface area contributed by atoms with Crippen LogP contribution in [0.15, 0.2) is 97.2 Å². The van der Waals surface area contributed by atoms with Gasteiger partial charge < -0.3 is 14.2 Å². The van der Waals surface area contributed by atoms with E-state index >= 15 is 0 Å². The summed E-state index contributed by atoms with van der Waals surface area (Å²) in [7, 11) is 0. The van der Waals surface area contributed by atoms with Crippen LogP contribution in [0.1, 0.15) is 239 Å². The predicted octanol–water partition coefficient (Wildman–Crippen LogP) is 17.8. The van der Waals surface area contributed by atoms with Gasteiger partial charge in [-0.25, -0.2) is 0 Å². The molecule has 1 unspecified atom stereocenters. The van der Waals surface area contributed by atoms with Gasteiger partial charge in [0.2, 0.25) is 0 Å². The minimum atomic E-state index is -0.828. The van der Waals surface area contributed by atoms with Crippen molar-refractivity contribution in [3.05, 3.63) is 97.2 Å². The van der Waals surface area contributed by atoms with Crippen LogP contribution in [0.2, 0.25) is 0 Å². The highest BCUT2D eigenvalue weighted by atomic mass is 16.6. The Bertz CT molecular complexity index is 1310. The van der Waals surface area contributed by atoms with E-state index in [-0.39, 0.29) is 44.0 Å². The van der Waals surface area contributed by atoms with Crippen molar-refractivity contribution >= 4 is 17.9 Å². The summed E-state index contributed by atoms with van der Waals surface area (Å²) < 4.78 is 16.7. The SMILES string of the molecule is CC/C=C\C/C=C\C/C=C\CCCC(=O)OCC(COC(=O)CCCCCCCCC/C=C\CCCCCCCCCC)OC(=O)CCC/C=C\C/C=C\C/C=C\C/C=C\CCCCC. The number of carbonyl (C=O) groups is 3. The Kier molecular flexibility index (Phi) is 50.0. The average molecular weight is 903 g/mol. The van der Waals surface area contributed by atoms with E-state index in [0.29, 0.717) is 19.3 Å². The van der Waals surface area contributed by atoms with Crippen molar-refractivity contribution in [1.29, 1.82) is 0 Å². The first-order chi connectivity index (χ1) is 32.0. The van der Waals surface area contributed by atoms with Crippen LogP contribution in [0.3, 0.4) is 0 Å². The van der Waals surface area contributed by atoms with Crippen molar-refractivity contribution in [1.82, 2.24) is 0 Å². The van der Waals surface area contributed by atoms with E-state index in [2.05, 4.69) is 118 Å². The van der Waals surface area contributed by atoms with Crippen LogP contribution >= 0.6 is 0 Å². The molecule has 0 N–H and O–H groups in total. The van der Waals surface area contributed by atoms with Crippen molar-refractivity contribution in [2.24, 2.45) is 0 Å². The minimum absolute atomic E-state index is 0.118. The molecule has 370 valence electrons. The number of ether oxygens (including phenoxy) is 3. The zero-order valence-electron chi connectivity index (χ0n) is 42.2. The molecule has 0 aromatic carbocycles. The molecule has 0 aliphatic carbocycles. The Balaban J connectivity index is 4.48. The second-order valence-corrected chi connectivity index (χ2v) is 17.4. The van der Waals surface area contributed by atoms with E-state index in [1.54, 1.807) is 0 Å². The predicted molar refractivity (Wildman–Crippen MR) is 279 cm³/mol. The van der Waals surface area contributed by atoms with Gasteiger partial charge in [0.25, 0.3) is 0 Å². The van der Waals surface area contributed by atoms with Crippen molar-refractivity contribution in [3.8, 4) is 0 Å². The fourth-order valence-electron chi connectivity index (χ4n) is 7.04. The molecule has 0 heterocycles. The maximum absolute atomic E-state index is 12.8. The second kappa shape index (κ2) is 52.9. The third kappa shape index (κ3) is 51.2. The number of rotatable bonds is 47. The summed E-state index contributed by atoms with van der Waals surface area (Å²) in [6.45, 7) is 6.39. The molecule has 0 rings (SSSR count). The first kappa shape index (κ1) is 61.3. The van der Waals surface area contributed by atoms with Gasteiger partial charge in [-0.1, -0.05) is 208 Å². The summed E-state index contributed by atoms with van der Waals surface area (Å²) in [6.07, 6.45) is 69.8. The van der Waals surface area contributed by atoms with E-state index in [1.165, 1.54) is 116 Å². The second-order valence-electron chi connectivity index (χ2n) is 17.4. The molecular formula is C59H98O6. The first-order valence-corrected chi connectivity index (χ1v) is 26.7. The molecule has 6 nitrogen and oxygen atoms in total. The maximum Gasteiger partial charge on any atom is 0.306 e. The fraction of sp³-hybridized carbons (Fsp3) is 0.678. The third-order valence-corrected chi connectivity index (χ3v) is 11.0. The number of carbonyl (C=O) groups excluding carboxylic acids is 3. The third-order valence-electron chi connectivity index (χ3n) is 11.0. The van der Waals surface area contributed by atoms with Gasteiger partial charge in [0.05, 0.1) is 0 Å². The number of hydrogen-bond donors (Lipinski definition) is 0. The van der Waals surface area contributed by atoms with Gasteiger partial charge in [0, 0.05) is 19.3 Å². The maximum atomic E-state index is 12.8. The standard InChI is InChI=1S/C59H98O6/c1-4-7-10-13-16-19-22-24-26-28-29-31-32-34-37-40-43-46-49-52-58(61)64-55-56(54-63-57(60)51-48-45-42-39-36-21-18-15-12-9-6-3)65-59(62)53-50-47-44-41-38-35-33-30-27-25-23-20-17-14-11-8-5-2/h9,12,17-18,20-21,25,27-29,33,35,39,41-42,44,56H,4-8,10-11,13-16,19,22-24,26,30-32,34,36-38,40,43,45-55H2,1-3H3/b12-9-,20-17-,21-18-,27-25-,29-28-,35-33-,42-39-,44-41-. The molecule has 0 spiro atoms. The van der Waals surface area contributed by atoms with Crippen molar-refractivity contribution in [3.63, 3.8) is 0 Å². The van der Waals surface area contributed by atoms with Crippen LogP contribution in [0.4, 0.5) is 0 Å². The largest absolute Gasteiger partial charge is 0.462 e. The number of allylic oxidation sites excluding steroid dienone is 16. The summed E-state index contributed by atoms with van der Waals surface area (Å²) in [4.78, 5) is 37.9. The zero-order valence-corrected chi connectivity index (χ0v) is 42.2. The van der Waals surface area contributed by atoms with E-state index < -0.39 is 6.10 Å². The van der Waals surface area contributed by atoms with Gasteiger partial charge >= 0.3 is 17.9 Å². The molecule has 0 aromatic heterocycles. The van der Waals surface area contributed by atoms with Gasteiger partial charge in [-0.2, -0.15) is 0 Å². The molecule has 0 aliphatic rings. The highest BCUT2D eigenvalue weighted by Gasteiger charge is 2.19. The lowest BCUT2D eigenvalue weighted by molar-refractivity contribution is -0.167. The highest BCUT2D eigenvalue weighted by molar-refractivity contribution is 5.71. The van der Waals surface area contributed by atoms with Gasteiger partial charge in [-0.05, 0) is 109 Å². The lowest BCUT2D eigenvalue weighted by Gasteiger charge is -2.18. The summed E-state index contributed by atoms with van der Waals surface area (Å²) in [5, 5.41) is 0. The Hall–Kier alpha value is -3.67. The van der Waals surface area contributed by atoms with Gasteiger partial charge in [-0.3, -0.25) is 14.4 Å². The van der Waals surface area contributed by atoms with E-state index in [1.807, 2.05) is 0 Å². The van der Waals surface area contributed by atoms with Crippen LogP contribution in [0.5, 0.6) is 0 Å². The fourth-order valence-corrected chi connectivity index (χ4v) is 7.04. The smallest absolute Gasteiger partial charge is 0.306 e. The summed E-state index contributed by atoms with van der Waals surface area (Å²) >= 11 is 0. The number of esters is 3. The summed E-state index contributed by atoms with van der Waals surface area (Å²) in [5.41, 5.74) is 0. The van der Waals surface area contributed by atoms with Crippen LogP contribution < -0.4 is 0 Å². The molecule has 6 heteroatoms. The molecule has 0 aromatic rings. The number of unbranched alkanes of at least 4 members (excludes halogenated alkanes) is 20. The van der Waals surface area contributed by atoms with Crippen molar-refractivity contribution in [2.45, 2.75) is 245 Å².